The minimum Gasteiger partial charge on any atom is -0.469 e. The first-order valence-corrected chi connectivity index (χ1v) is 8.26. The van der Waals surface area contributed by atoms with Crippen LogP contribution in [0.1, 0.15) is 23.8 Å². The number of aromatic nitrogens is 1. The Bertz CT molecular complexity index is 707. The molecule has 1 N–H and O–H groups in total. The highest BCUT2D eigenvalue weighted by atomic mass is 16.5. The van der Waals surface area contributed by atoms with Crippen LogP contribution >= 0.6 is 0 Å². The molecule has 1 atom stereocenters. The van der Waals surface area contributed by atoms with Crippen LogP contribution in [-0.4, -0.2) is 66.0 Å². The molecule has 0 spiro atoms. The van der Waals surface area contributed by atoms with Gasteiger partial charge in [-0.05, 0) is 19.1 Å². The number of para-hydroxylation sites is 1. The monoisotopic (exact) mass is 329 g/mol. The summed E-state index contributed by atoms with van der Waals surface area (Å²) in [5.41, 5.74) is 1.61. The number of carbonyl (C=O) groups is 2. The molecule has 1 fully saturated rings. The Morgan fingerprint density at radius 3 is 2.79 bits per heavy atom. The second-order valence-corrected chi connectivity index (χ2v) is 6.23. The van der Waals surface area contributed by atoms with Crippen molar-refractivity contribution in [1.82, 2.24) is 14.8 Å². The number of nitrogens with one attached hydrogen (secondary N) is 1. The van der Waals surface area contributed by atoms with E-state index in [9.17, 15) is 9.59 Å². The van der Waals surface area contributed by atoms with Gasteiger partial charge in [-0.15, -0.1) is 0 Å². The average molecular weight is 329 g/mol. The summed E-state index contributed by atoms with van der Waals surface area (Å²) in [7, 11) is 1.41. The molecular weight excluding hydrogens is 306 g/mol. The topological polar surface area (TPSA) is 65.6 Å². The maximum Gasteiger partial charge on any atom is 0.306 e. The van der Waals surface area contributed by atoms with E-state index in [0.29, 0.717) is 31.7 Å². The van der Waals surface area contributed by atoms with Gasteiger partial charge in [0.15, 0.2) is 0 Å². The van der Waals surface area contributed by atoms with Crippen molar-refractivity contribution in [2.75, 3.05) is 33.3 Å². The molecule has 0 unspecified atom stereocenters. The molecule has 0 saturated carbocycles. The van der Waals surface area contributed by atoms with Crippen LogP contribution in [0.5, 0.6) is 0 Å². The molecule has 1 aromatic carbocycles. The zero-order chi connectivity index (χ0) is 17.1. The summed E-state index contributed by atoms with van der Waals surface area (Å²) in [5, 5.41) is 1.05. The zero-order valence-electron chi connectivity index (χ0n) is 14.1. The number of rotatable bonds is 4. The maximum atomic E-state index is 12.7. The summed E-state index contributed by atoms with van der Waals surface area (Å²) in [5.74, 6) is -0.163. The van der Waals surface area contributed by atoms with Gasteiger partial charge in [-0.2, -0.15) is 0 Å². The van der Waals surface area contributed by atoms with Gasteiger partial charge in [0, 0.05) is 43.1 Å². The van der Waals surface area contributed by atoms with Crippen molar-refractivity contribution in [3.05, 3.63) is 36.0 Å². The summed E-state index contributed by atoms with van der Waals surface area (Å²) >= 11 is 0. The molecule has 2 aromatic rings. The first-order chi connectivity index (χ1) is 11.6. The van der Waals surface area contributed by atoms with E-state index in [0.717, 1.165) is 17.4 Å². The predicted molar refractivity (Wildman–Crippen MR) is 91.9 cm³/mol. The Labute approximate surface area is 141 Å². The number of hydrogen-bond donors (Lipinski definition) is 1. The van der Waals surface area contributed by atoms with Crippen LogP contribution in [0.15, 0.2) is 30.3 Å². The van der Waals surface area contributed by atoms with Gasteiger partial charge in [0.2, 0.25) is 0 Å². The third-order valence-corrected chi connectivity index (χ3v) is 4.64. The lowest BCUT2D eigenvalue weighted by Crippen LogP contribution is -2.54. The average Bonchev–Trinajstić information content (AvgIpc) is 3.03. The molecule has 1 aliphatic heterocycles. The number of amides is 1. The third kappa shape index (κ3) is 3.43. The van der Waals surface area contributed by atoms with Gasteiger partial charge in [-0.3, -0.25) is 14.5 Å². The van der Waals surface area contributed by atoms with Crippen LogP contribution in [-0.2, 0) is 9.53 Å². The number of benzene rings is 1. The van der Waals surface area contributed by atoms with E-state index in [1.807, 2.05) is 35.2 Å². The summed E-state index contributed by atoms with van der Waals surface area (Å²) in [4.78, 5) is 31.3. The second kappa shape index (κ2) is 7.05. The second-order valence-electron chi connectivity index (χ2n) is 6.23. The summed E-state index contributed by atoms with van der Waals surface area (Å²) in [6.07, 6.45) is 0.386. The van der Waals surface area contributed by atoms with Gasteiger partial charge < -0.3 is 14.6 Å². The summed E-state index contributed by atoms with van der Waals surface area (Å²) in [6, 6.07) is 10.0. The molecule has 0 bridgehead atoms. The highest BCUT2D eigenvalue weighted by Crippen LogP contribution is 2.18. The number of hydrogen-bond acceptors (Lipinski definition) is 4. The molecule has 2 heterocycles. The van der Waals surface area contributed by atoms with E-state index in [1.54, 1.807) is 0 Å². The maximum absolute atomic E-state index is 12.7. The first kappa shape index (κ1) is 16.5. The standard InChI is InChI=1S/C18H23N3O3/c1-13-12-21(10-9-20(13)8-7-17(22)24-2)18(23)16-11-14-5-3-4-6-15(14)19-16/h3-6,11,13,19H,7-10,12H2,1-2H3/t13-/m1/s1. The Morgan fingerprint density at radius 1 is 1.29 bits per heavy atom. The Balaban J connectivity index is 1.62. The molecule has 3 rings (SSSR count). The normalized spacial score (nSPS) is 18.8. The van der Waals surface area contributed by atoms with E-state index in [4.69, 9.17) is 0 Å². The van der Waals surface area contributed by atoms with Crippen molar-refractivity contribution in [3.8, 4) is 0 Å². The molecular formula is C18H23N3O3. The number of aromatic amines is 1. The molecule has 6 nitrogen and oxygen atoms in total. The predicted octanol–water partition coefficient (Wildman–Crippen LogP) is 1.88. The van der Waals surface area contributed by atoms with Gasteiger partial charge in [0.25, 0.3) is 5.91 Å². The van der Waals surface area contributed by atoms with Crippen LogP contribution in [0.2, 0.25) is 0 Å². The summed E-state index contributed by atoms with van der Waals surface area (Å²) < 4.78 is 4.69. The van der Waals surface area contributed by atoms with Gasteiger partial charge in [-0.25, -0.2) is 0 Å². The smallest absolute Gasteiger partial charge is 0.306 e. The van der Waals surface area contributed by atoms with Gasteiger partial charge in [0.05, 0.1) is 13.5 Å². The molecule has 0 aliphatic carbocycles. The van der Waals surface area contributed by atoms with E-state index in [1.165, 1.54) is 7.11 Å². The number of H-pyrrole nitrogens is 1. The van der Waals surface area contributed by atoms with Crippen molar-refractivity contribution >= 4 is 22.8 Å². The Kier molecular flexibility index (Phi) is 4.85. The van der Waals surface area contributed by atoms with Gasteiger partial charge >= 0.3 is 5.97 Å². The van der Waals surface area contributed by atoms with Crippen molar-refractivity contribution < 1.29 is 14.3 Å². The SMILES string of the molecule is COC(=O)CCN1CCN(C(=O)c2cc3ccccc3[nH]2)C[C@H]1C. The molecule has 128 valence electrons. The number of nitrogens with zero attached hydrogens (tertiary/aromatic N) is 2. The number of ether oxygens (including phenoxy) is 1. The van der Waals surface area contributed by atoms with Crippen molar-refractivity contribution in [1.29, 1.82) is 0 Å². The van der Waals surface area contributed by atoms with E-state index in [-0.39, 0.29) is 17.9 Å². The molecule has 1 amide bonds. The number of carbonyl (C=O) groups excluding carboxylic acids is 2. The Hall–Kier alpha value is -2.34. The van der Waals surface area contributed by atoms with Crippen LogP contribution in [0.25, 0.3) is 10.9 Å². The van der Waals surface area contributed by atoms with E-state index < -0.39 is 0 Å². The molecule has 6 heteroatoms. The fraction of sp³-hybridized carbons (Fsp3) is 0.444. The lowest BCUT2D eigenvalue weighted by atomic mass is 10.1. The minimum absolute atomic E-state index is 0.0330. The fourth-order valence-electron chi connectivity index (χ4n) is 3.21. The fourth-order valence-corrected chi connectivity index (χ4v) is 3.21. The highest BCUT2D eigenvalue weighted by molar-refractivity contribution is 5.98. The molecule has 0 radical (unpaired) electrons. The molecule has 1 aromatic heterocycles. The number of esters is 1. The van der Waals surface area contributed by atoms with Crippen molar-refractivity contribution in [2.24, 2.45) is 0 Å². The summed E-state index contributed by atoms with van der Waals surface area (Å²) in [6.45, 7) is 4.85. The van der Waals surface area contributed by atoms with Crippen LogP contribution in [0.4, 0.5) is 0 Å². The minimum atomic E-state index is -0.196. The number of piperazine rings is 1. The third-order valence-electron chi connectivity index (χ3n) is 4.64. The van der Waals surface area contributed by atoms with Crippen LogP contribution in [0.3, 0.4) is 0 Å². The quantitative estimate of drug-likeness (QED) is 0.870. The molecule has 24 heavy (non-hydrogen) atoms. The highest BCUT2D eigenvalue weighted by Gasteiger charge is 2.28. The van der Waals surface area contributed by atoms with Gasteiger partial charge in [-0.1, -0.05) is 18.2 Å². The largest absolute Gasteiger partial charge is 0.469 e. The van der Waals surface area contributed by atoms with Crippen molar-refractivity contribution in [2.45, 2.75) is 19.4 Å². The lowest BCUT2D eigenvalue weighted by molar-refractivity contribution is -0.141. The lowest BCUT2D eigenvalue weighted by Gasteiger charge is -2.39. The zero-order valence-corrected chi connectivity index (χ0v) is 14.1. The Morgan fingerprint density at radius 2 is 2.08 bits per heavy atom. The number of methoxy groups -OCH3 is 1. The van der Waals surface area contributed by atoms with Crippen LogP contribution in [0, 0.1) is 0 Å². The number of fused-ring (bicyclic) bond motifs is 1. The van der Waals surface area contributed by atoms with Gasteiger partial charge in [0.1, 0.15) is 5.69 Å². The van der Waals surface area contributed by atoms with E-state index in [2.05, 4.69) is 21.5 Å². The molecule has 1 aliphatic rings. The van der Waals surface area contributed by atoms with Crippen molar-refractivity contribution in [3.63, 3.8) is 0 Å². The first-order valence-electron chi connectivity index (χ1n) is 8.26. The van der Waals surface area contributed by atoms with E-state index >= 15 is 0 Å². The molecule has 1 saturated heterocycles. The van der Waals surface area contributed by atoms with Crippen LogP contribution < -0.4 is 0 Å².